The topological polar surface area (TPSA) is 6.48 Å². The summed E-state index contributed by atoms with van der Waals surface area (Å²) in [5, 5.41) is 0. The molecule has 0 saturated heterocycles. The van der Waals surface area contributed by atoms with Crippen LogP contribution in [0.1, 0.15) is 5.56 Å². The van der Waals surface area contributed by atoms with Gasteiger partial charge >= 0.3 is 0 Å². The molecule has 0 spiro atoms. The second-order valence-corrected chi connectivity index (χ2v) is 10.7. The van der Waals surface area contributed by atoms with Crippen molar-refractivity contribution in [2.75, 3.05) is 9.80 Å². The van der Waals surface area contributed by atoms with Gasteiger partial charge in [-0.2, -0.15) is 0 Å². The number of hydrogen-bond acceptors (Lipinski definition) is 2. The quantitative estimate of drug-likeness (QED) is 0.224. The lowest BCUT2D eigenvalue weighted by Gasteiger charge is -2.44. The maximum absolute atomic E-state index is 2.46. The molecule has 2 heterocycles. The SMILES string of the molecule is Cc1ccc(-c2cc3c4c(c2)N(c2ccccc2)c2ccccc2B4c2ccccc2N3c2ccccc2)cc1. The third-order valence-electron chi connectivity index (χ3n) is 8.30. The van der Waals surface area contributed by atoms with Crippen molar-refractivity contribution in [2.45, 2.75) is 6.92 Å². The number of nitrogens with zero attached hydrogens (tertiary/aromatic N) is 2. The summed E-state index contributed by atoms with van der Waals surface area (Å²) in [4.78, 5) is 4.92. The molecular formula is C37H27BN2. The molecule has 0 fully saturated rings. The zero-order valence-corrected chi connectivity index (χ0v) is 22.3. The van der Waals surface area contributed by atoms with Gasteiger partial charge in [0.2, 0.25) is 0 Å². The summed E-state index contributed by atoms with van der Waals surface area (Å²) < 4.78 is 0. The van der Waals surface area contributed by atoms with E-state index in [1.165, 1.54) is 67.2 Å². The third kappa shape index (κ3) is 3.44. The molecule has 0 bridgehead atoms. The first kappa shape index (κ1) is 22.9. The maximum Gasteiger partial charge on any atom is 0.252 e. The van der Waals surface area contributed by atoms with Crippen molar-refractivity contribution in [2.24, 2.45) is 0 Å². The molecule has 40 heavy (non-hydrogen) atoms. The lowest BCUT2D eigenvalue weighted by atomic mass is 9.33. The second kappa shape index (κ2) is 9.03. The Morgan fingerprint density at radius 3 is 1.38 bits per heavy atom. The number of para-hydroxylation sites is 4. The van der Waals surface area contributed by atoms with Crippen LogP contribution in [-0.2, 0) is 0 Å². The minimum absolute atomic E-state index is 0.143. The molecule has 188 valence electrons. The zero-order chi connectivity index (χ0) is 26.6. The molecule has 2 aliphatic rings. The minimum Gasteiger partial charge on any atom is -0.311 e. The maximum atomic E-state index is 2.46. The molecule has 0 atom stereocenters. The Bertz CT molecular complexity index is 1750. The molecule has 6 aromatic carbocycles. The average Bonchev–Trinajstić information content (AvgIpc) is 3.02. The molecule has 0 radical (unpaired) electrons. The van der Waals surface area contributed by atoms with Crippen LogP contribution in [0.2, 0.25) is 0 Å². The summed E-state index contributed by atoms with van der Waals surface area (Å²) in [6.45, 7) is 2.29. The Balaban J connectivity index is 1.50. The van der Waals surface area contributed by atoms with Crippen LogP contribution < -0.4 is 26.2 Å². The molecule has 0 saturated carbocycles. The fourth-order valence-corrected chi connectivity index (χ4v) is 6.52. The Labute approximate surface area is 235 Å². The zero-order valence-electron chi connectivity index (χ0n) is 22.3. The van der Waals surface area contributed by atoms with E-state index >= 15 is 0 Å². The highest BCUT2D eigenvalue weighted by atomic mass is 15.2. The van der Waals surface area contributed by atoms with Gasteiger partial charge in [-0.1, -0.05) is 103 Å². The van der Waals surface area contributed by atoms with Gasteiger partial charge in [0.1, 0.15) is 0 Å². The number of fused-ring (bicyclic) bond motifs is 4. The Kier molecular flexibility index (Phi) is 5.18. The van der Waals surface area contributed by atoms with Crippen molar-refractivity contribution < 1.29 is 0 Å². The van der Waals surface area contributed by atoms with Gasteiger partial charge in [0, 0.05) is 34.1 Å². The van der Waals surface area contributed by atoms with Crippen LogP contribution >= 0.6 is 0 Å². The van der Waals surface area contributed by atoms with Gasteiger partial charge in [-0.3, -0.25) is 0 Å². The predicted molar refractivity (Wildman–Crippen MR) is 171 cm³/mol. The summed E-state index contributed by atoms with van der Waals surface area (Å²) in [6, 6.07) is 53.1. The number of anilines is 6. The highest BCUT2D eigenvalue weighted by Gasteiger charge is 2.43. The standard InChI is InChI=1S/C37H27BN2/c1-26-20-22-27(23-21-26)28-24-35-37-36(25-28)40(30-14-6-3-7-15-30)34-19-11-9-17-32(34)38(37)31-16-8-10-18-33(31)39(35)29-12-4-2-5-13-29/h2-25H,1H3. The molecule has 2 aliphatic heterocycles. The van der Waals surface area contributed by atoms with Crippen LogP contribution in [0.3, 0.4) is 0 Å². The van der Waals surface area contributed by atoms with E-state index in [0.717, 1.165) is 0 Å². The van der Waals surface area contributed by atoms with E-state index in [9.17, 15) is 0 Å². The molecule has 0 unspecified atom stereocenters. The van der Waals surface area contributed by atoms with Crippen molar-refractivity contribution in [3.05, 3.63) is 151 Å². The molecule has 0 aromatic heterocycles. The molecule has 0 N–H and O–H groups in total. The lowest BCUT2D eigenvalue weighted by molar-refractivity contribution is 1.25. The summed E-state index contributed by atoms with van der Waals surface area (Å²) in [5.41, 5.74) is 15.0. The van der Waals surface area contributed by atoms with E-state index in [-0.39, 0.29) is 6.71 Å². The highest BCUT2D eigenvalue weighted by molar-refractivity contribution is 7.00. The molecule has 8 rings (SSSR count). The summed E-state index contributed by atoms with van der Waals surface area (Å²) in [6.07, 6.45) is 0. The lowest BCUT2D eigenvalue weighted by Crippen LogP contribution is -2.61. The van der Waals surface area contributed by atoms with Crippen LogP contribution in [0.5, 0.6) is 0 Å². The number of aryl methyl sites for hydroxylation is 1. The average molecular weight is 510 g/mol. The molecule has 0 aliphatic carbocycles. The van der Waals surface area contributed by atoms with E-state index in [1.807, 2.05) is 0 Å². The second-order valence-electron chi connectivity index (χ2n) is 10.7. The minimum atomic E-state index is 0.143. The van der Waals surface area contributed by atoms with Crippen LogP contribution in [-0.4, -0.2) is 6.71 Å². The van der Waals surface area contributed by atoms with Crippen molar-refractivity contribution >= 4 is 57.2 Å². The number of hydrogen-bond donors (Lipinski definition) is 0. The molecule has 0 amide bonds. The van der Waals surface area contributed by atoms with Crippen molar-refractivity contribution in [3.8, 4) is 11.1 Å². The van der Waals surface area contributed by atoms with Gasteiger partial charge in [0.05, 0.1) is 0 Å². The Hall–Kier alpha value is -5.02. The van der Waals surface area contributed by atoms with E-state index in [1.54, 1.807) is 0 Å². The normalized spacial score (nSPS) is 13.0. The first-order chi connectivity index (χ1) is 19.8. The van der Waals surface area contributed by atoms with Crippen LogP contribution in [0.25, 0.3) is 11.1 Å². The number of benzene rings is 6. The van der Waals surface area contributed by atoms with Gasteiger partial charge in [-0.25, -0.2) is 0 Å². The van der Waals surface area contributed by atoms with E-state index < -0.39 is 0 Å². The van der Waals surface area contributed by atoms with Crippen LogP contribution in [0.4, 0.5) is 34.1 Å². The van der Waals surface area contributed by atoms with E-state index in [0.29, 0.717) is 0 Å². The largest absolute Gasteiger partial charge is 0.311 e. The van der Waals surface area contributed by atoms with E-state index in [4.69, 9.17) is 0 Å². The van der Waals surface area contributed by atoms with Crippen molar-refractivity contribution in [1.82, 2.24) is 0 Å². The molecular weight excluding hydrogens is 483 g/mol. The van der Waals surface area contributed by atoms with Crippen LogP contribution in [0, 0.1) is 6.92 Å². The van der Waals surface area contributed by atoms with Gasteiger partial charge < -0.3 is 9.80 Å². The summed E-state index contributed by atoms with van der Waals surface area (Å²) in [5.74, 6) is 0. The Morgan fingerprint density at radius 2 is 0.875 bits per heavy atom. The van der Waals surface area contributed by atoms with Gasteiger partial charge in [0.15, 0.2) is 0 Å². The molecule has 3 heteroatoms. The molecule has 6 aromatic rings. The summed E-state index contributed by atoms with van der Waals surface area (Å²) in [7, 11) is 0. The summed E-state index contributed by atoms with van der Waals surface area (Å²) >= 11 is 0. The Morgan fingerprint density at radius 1 is 0.425 bits per heavy atom. The van der Waals surface area contributed by atoms with Gasteiger partial charge in [-0.15, -0.1) is 0 Å². The fraction of sp³-hybridized carbons (Fsp3) is 0.0270. The first-order valence-corrected chi connectivity index (χ1v) is 13.9. The molecule has 2 nitrogen and oxygen atoms in total. The van der Waals surface area contributed by atoms with Crippen molar-refractivity contribution in [1.29, 1.82) is 0 Å². The smallest absolute Gasteiger partial charge is 0.252 e. The van der Waals surface area contributed by atoms with Gasteiger partial charge in [0.25, 0.3) is 6.71 Å². The number of rotatable bonds is 3. The van der Waals surface area contributed by atoms with E-state index in [2.05, 4.69) is 162 Å². The first-order valence-electron chi connectivity index (χ1n) is 13.9. The third-order valence-corrected chi connectivity index (χ3v) is 8.30. The van der Waals surface area contributed by atoms with Crippen LogP contribution in [0.15, 0.2) is 146 Å². The van der Waals surface area contributed by atoms with Crippen molar-refractivity contribution in [3.63, 3.8) is 0 Å². The fourth-order valence-electron chi connectivity index (χ4n) is 6.52. The monoisotopic (exact) mass is 510 g/mol. The van der Waals surface area contributed by atoms with Gasteiger partial charge in [-0.05, 0) is 83.0 Å². The predicted octanol–water partition coefficient (Wildman–Crippen LogP) is 7.74. The highest BCUT2D eigenvalue weighted by Crippen LogP contribution is 2.45.